The quantitative estimate of drug-likeness (QED) is 0.613. The predicted molar refractivity (Wildman–Crippen MR) is 87.3 cm³/mol. The van der Waals surface area contributed by atoms with Gasteiger partial charge in [-0.1, -0.05) is 0 Å². The first-order valence-corrected chi connectivity index (χ1v) is 7.73. The number of hydrogen-bond acceptors (Lipinski definition) is 7. The number of nitrogens with one attached hydrogen (secondary N) is 1. The number of aromatic nitrogens is 2. The molecule has 2 heterocycles. The van der Waals surface area contributed by atoms with Crippen LogP contribution < -0.4 is 10.5 Å². The Kier molecular flexibility index (Phi) is 4.72. The van der Waals surface area contributed by atoms with Crippen LogP contribution in [-0.4, -0.2) is 52.4 Å². The van der Waals surface area contributed by atoms with Gasteiger partial charge in [-0.25, -0.2) is 4.98 Å². The zero-order valence-corrected chi connectivity index (χ0v) is 13.0. The number of nitrogens with zero attached hydrogens (tertiary/aromatic N) is 3. The first-order chi connectivity index (χ1) is 11.6. The Morgan fingerprint density at radius 2 is 2.33 bits per heavy atom. The molecule has 2 N–H and O–H groups in total. The van der Waals surface area contributed by atoms with Crippen LogP contribution in [0.1, 0.15) is 12.8 Å². The van der Waals surface area contributed by atoms with Crippen molar-refractivity contribution in [1.82, 2.24) is 9.97 Å². The van der Waals surface area contributed by atoms with Gasteiger partial charge in [0.1, 0.15) is 5.69 Å². The van der Waals surface area contributed by atoms with E-state index in [2.05, 4.69) is 9.97 Å². The Hall–Kier alpha value is -2.52. The Morgan fingerprint density at radius 1 is 1.50 bits per heavy atom. The predicted octanol–water partition coefficient (Wildman–Crippen LogP) is 0.809. The molecule has 1 aliphatic heterocycles. The van der Waals surface area contributed by atoms with Crippen molar-refractivity contribution in [2.75, 3.05) is 31.2 Å². The lowest BCUT2D eigenvalue weighted by Gasteiger charge is -2.33. The lowest BCUT2D eigenvalue weighted by Crippen LogP contribution is -2.40. The second kappa shape index (κ2) is 6.93. The molecule has 0 unspecified atom stereocenters. The van der Waals surface area contributed by atoms with Crippen LogP contribution >= 0.6 is 0 Å². The first-order valence-electron chi connectivity index (χ1n) is 7.73. The van der Waals surface area contributed by atoms with E-state index in [0.29, 0.717) is 24.3 Å². The van der Waals surface area contributed by atoms with Crippen molar-refractivity contribution in [1.29, 1.82) is 0 Å². The molecule has 0 aliphatic carbocycles. The third kappa shape index (κ3) is 3.22. The zero-order valence-electron chi connectivity index (χ0n) is 13.0. The third-order valence-corrected chi connectivity index (χ3v) is 4.10. The average molecular weight is 334 g/mol. The Balaban J connectivity index is 1.99. The summed E-state index contributed by atoms with van der Waals surface area (Å²) in [5.41, 5.74) is 0.321. The Bertz CT molecular complexity index is 806. The molecule has 0 spiro atoms. The number of aliphatic hydroxyl groups is 1. The summed E-state index contributed by atoms with van der Waals surface area (Å²) in [4.78, 5) is 31.2. The molecule has 1 aliphatic rings. The topological polar surface area (TPSA) is 122 Å². The van der Waals surface area contributed by atoms with Gasteiger partial charge in [0.2, 0.25) is 0 Å². The molecule has 9 heteroatoms. The molecule has 0 radical (unpaired) electrons. The van der Waals surface area contributed by atoms with Crippen LogP contribution in [0.25, 0.3) is 10.9 Å². The normalized spacial score (nSPS) is 18.0. The molecule has 24 heavy (non-hydrogen) atoms. The van der Waals surface area contributed by atoms with Crippen molar-refractivity contribution in [2.45, 2.75) is 18.9 Å². The van der Waals surface area contributed by atoms with Crippen LogP contribution in [0.2, 0.25) is 0 Å². The largest absolute Gasteiger partial charge is 0.394 e. The number of nitro groups is 1. The minimum absolute atomic E-state index is 0.0562. The van der Waals surface area contributed by atoms with Gasteiger partial charge in [0.05, 0.1) is 41.5 Å². The molecule has 3 rings (SSSR count). The molecule has 0 saturated carbocycles. The van der Waals surface area contributed by atoms with Gasteiger partial charge in [-0.3, -0.25) is 14.9 Å². The molecule has 1 aromatic heterocycles. The maximum atomic E-state index is 11.8. The number of ether oxygens (including phenoxy) is 1. The number of aliphatic hydroxyl groups excluding tert-OH is 1. The highest BCUT2D eigenvalue weighted by Gasteiger charge is 2.27. The number of H-pyrrole nitrogens is 1. The van der Waals surface area contributed by atoms with E-state index in [-0.39, 0.29) is 30.4 Å². The van der Waals surface area contributed by atoms with Gasteiger partial charge in [0.15, 0.2) is 0 Å². The molecule has 1 atom stereocenters. The molecule has 2 aromatic rings. The summed E-state index contributed by atoms with van der Waals surface area (Å²) in [6.45, 7) is 1.35. The summed E-state index contributed by atoms with van der Waals surface area (Å²) in [5, 5.41) is 20.5. The summed E-state index contributed by atoms with van der Waals surface area (Å²) < 4.78 is 5.56. The lowest BCUT2D eigenvalue weighted by molar-refractivity contribution is -0.384. The molecule has 1 fully saturated rings. The fraction of sp³-hybridized carbons (Fsp3) is 0.467. The maximum absolute atomic E-state index is 11.8. The van der Waals surface area contributed by atoms with Crippen LogP contribution in [0.5, 0.6) is 0 Å². The van der Waals surface area contributed by atoms with Crippen LogP contribution in [0.4, 0.5) is 11.4 Å². The van der Waals surface area contributed by atoms with Crippen molar-refractivity contribution in [3.8, 4) is 0 Å². The average Bonchev–Trinajstić information content (AvgIpc) is 2.59. The van der Waals surface area contributed by atoms with E-state index in [0.717, 1.165) is 12.8 Å². The fourth-order valence-electron chi connectivity index (χ4n) is 3.00. The molecule has 0 bridgehead atoms. The molecule has 1 aromatic carbocycles. The van der Waals surface area contributed by atoms with Crippen LogP contribution in [0.15, 0.2) is 23.3 Å². The SMILES string of the molecule is O=c1[nH]cnc2cc(N3CCC[C@H](OCCO)C3)c([N+](=O)[O-])cc12. The third-order valence-electron chi connectivity index (χ3n) is 4.10. The number of aromatic amines is 1. The van der Waals surface area contributed by atoms with Crippen molar-refractivity contribution in [2.24, 2.45) is 0 Å². The fourth-order valence-corrected chi connectivity index (χ4v) is 3.00. The summed E-state index contributed by atoms with van der Waals surface area (Å²) >= 11 is 0. The molecular weight excluding hydrogens is 316 g/mol. The molecule has 128 valence electrons. The number of rotatable bonds is 5. The van der Waals surface area contributed by atoms with Gasteiger partial charge in [-0.05, 0) is 18.9 Å². The molecule has 0 amide bonds. The molecule has 9 nitrogen and oxygen atoms in total. The zero-order chi connectivity index (χ0) is 17.1. The second-order valence-electron chi connectivity index (χ2n) is 5.65. The number of piperidine rings is 1. The highest BCUT2D eigenvalue weighted by Crippen LogP contribution is 2.33. The smallest absolute Gasteiger partial charge is 0.293 e. The lowest BCUT2D eigenvalue weighted by atomic mass is 10.1. The van der Waals surface area contributed by atoms with Gasteiger partial charge in [0, 0.05) is 19.2 Å². The van der Waals surface area contributed by atoms with Gasteiger partial charge in [-0.15, -0.1) is 0 Å². The number of nitro benzene ring substituents is 1. The van der Waals surface area contributed by atoms with Crippen molar-refractivity contribution < 1.29 is 14.8 Å². The van der Waals surface area contributed by atoms with E-state index in [1.807, 2.05) is 4.90 Å². The number of fused-ring (bicyclic) bond motifs is 1. The van der Waals surface area contributed by atoms with Crippen molar-refractivity contribution in [3.05, 3.63) is 38.9 Å². The monoisotopic (exact) mass is 334 g/mol. The van der Waals surface area contributed by atoms with Crippen LogP contribution in [0, 0.1) is 10.1 Å². The van der Waals surface area contributed by atoms with Gasteiger partial charge < -0.3 is 19.7 Å². The summed E-state index contributed by atoms with van der Waals surface area (Å²) in [6, 6.07) is 2.85. The van der Waals surface area contributed by atoms with E-state index in [1.54, 1.807) is 6.07 Å². The van der Waals surface area contributed by atoms with E-state index in [1.165, 1.54) is 12.4 Å². The minimum Gasteiger partial charge on any atom is -0.394 e. The maximum Gasteiger partial charge on any atom is 0.293 e. The molecular formula is C15H18N4O5. The van der Waals surface area contributed by atoms with Gasteiger partial charge in [0.25, 0.3) is 11.2 Å². The molecule has 1 saturated heterocycles. The number of hydrogen-bond donors (Lipinski definition) is 2. The number of anilines is 1. The van der Waals surface area contributed by atoms with E-state index < -0.39 is 10.5 Å². The van der Waals surface area contributed by atoms with E-state index in [9.17, 15) is 14.9 Å². The Labute approximate surface area is 137 Å². The second-order valence-corrected chi connectivity index (χ2v) is 5.65. The van der Waals surface area contributed by atoms with E-state index >= 15 is 0 Å². The number of benzene rings is 1. The van der Waals surface area contributed by atoms with E-state index in [4.69, 9.17) is 9.84 Å². The standard InChI is InChI=1S/C15H18N4O5/c20-4-5-24-10-2-1-3-18(8-10)13-7-12-11(6-14(13)19(22)23)15(21)17-9-16-12/h6-7,9-10,20H,1-5,8H2,(H,16,17,21)/t10-/m0/s1. The van der Waals surface area contributed by atoms with Crippen LogP contribution in [-0.2, 0) is 4.74 Å². The summed E-state index contributed by atoms with van der Waals surface area (Å²) in [7, 11) is 0. The Morgan fingerprint density at radius 3 is 3.08 bits per heavy atom. The first kappa shape index (κ1) is 16.3. The van der Waals surface area contributed by atoms with Gasteiger partial charge in [-0.2, -0.15) is 0 Å². The van der Waals surface area contributed by atoms with Crippen LogP contribution in [0.3, 0.4) is 0 Å². The van der Waals surface area contributed by atoms with Crippen molar-refractivity contribution in [3.63, 3.8) is 0 Å². The van der Waals surface area contributed by atoms with Gasteiger partial charge >= 0.3 is 0 Å². The summed E-state index contributed by atoms with van der Waals surface area (Å²) in [5.74, 6) is 0. The highest BCUT2D eigenvalue weighted by atomic mass is 16.6. The minimum atomic E-state index is -0.487. The highest BCUT2D eigenvalue weighted by molar-refractivity contribution is 5.87. The van der Waals surface area contributed by atoms with Crippen molar-refractivity contribution >= 4 is 22.3 Å². The summed E-state index contributed by atoms with van der Waals surface area (Å²) in [6.07, 6.45) is 2.86.